The summed E-state index contributed by atoms with van der Waals surface area (Å²) in [5, 5.41) is 12.8. The molecule has 0 saturated carbocycles. The molecule has 0 aliphatic rings. The van der Waals surface area contributed by atoms with E-state index in [-0.39, 0.29) is 12.6 Å². The zero-order chi connectivity index (χ0) is 15.1. The van der Waals surface area contributed by atoms with E-state index in [9.17, 15) is 9.90 Å². The van der Waals surface area contributed by atoms with Gasteiger partial charge in [0.15, 0.2) is 0 Å². The van der Waals surface area contributed by atoms with E-state index < -0.39 is 11.7 Å². The lowest BCUT2D eigenvalue weighted by molar-refractivity contribution is 0.0163. The molecule has 2 atom stereocenters. The second kappa shape index (κ2) is 8.38. The van der Waals surface area contributed by atoms with Gasteiger partial charge in [-0.15, -0.1) is 0 Å². The van der Waals surface area contributed by atoms with Gasteiger partial charge in [-0.1, -0.05) is 6.92 Å². The van der Waals surface area contributed by atoms with Crippen LogP contribution in [0.4, 0.5) is 4.79 Å². The first-order valence-electron chi connectivity index (χ1n) is 7.05. The van der Waals surface area contributed by atoms with Crippen LogP contribution < -0.4 is 5.32 Å². The maximum absolute atomic E-state index is 12.0. The Labute approximate surface area is 117 Å². The minimum Gasteiger partial charge on any atom is -0.444 e. The molecule has 0 spiro atoms. The molecule has 114 valence electrons. The summed E-state index contributed by atoms with van der Waals surface area (Å²) in [5.41, 5.74) is -0.516. The summed E-state index contributed by atoms with van der Waals surface area (Å²) in [6.45, 7) is 12.9. The quantitative estimate of drug-likeness (QED) is 0.745. The van der Waals surface area contributed by atoms with Crippen LogP contribution in [0.25, 0.3) is 0 Å². The van der Waals surface area contributed by atoms with Crippen LogP contribution in [0.3, 0.4) is 0 Å². The fraction of sp³-hybridized carbons (Fsp3) is 0.929. The normalized spacial score (nSPS) is 14.9. The van der Waals surface area contributed by atoms with Crippen molar-refractivity contribution in [2.24, 2.45) is 0 Å². The minimum absolute atomic E-state index is 0.289. The summed E-state index contributed by atoms with van der Waals surface area (Å²) in [4.78, 5) is 13.6. The molecular formula is C14H30N2O3. The van der Waals surface area contributed by atoms with E-state index in [0.29, 0.717) is 19.1 Å². The van der Waals surface area contributed by atoms with E-state index in [4.69, 9.17) is 4.74 Å². The molecule has 0 aromatic rings. The van der Waals surface area contributed by atoms with Gasteiger partial charge in [0.05, 0.1) is 6.10 Å². The predicted octanol–water partition coefficient (Wildman–Crippen LogP) is 1.99. The molecule has 5 heteroatoms. The van der Waals surface area contributed by atoms with Gasteiger partial charge in [-0.25, -0.2) is 4.79 Å². The van der Waals surface area contributed by atoms with E-state index in [1.54, 1.807) is 11.8 Å². The number of aliphatic hydroxyl groups excluding tert-OH is 1. The van der Waals surface area contributed by atoms with Gasteiger partial charge in [-0.05, 0) is 41.0 Å². The van der Waals surface area contributed by atoms with Gasteiger partial charge in [0.2, 0.25) is 0 Å². The molecule has 19 heavy (non-hydrogen) atoms. The molecule has 0 bridgehead atoms. The predicted molar refractivity (Wildman–Crippen MR) is 77.2 cm³/mol. The molecule has 2 N–H and O–H groups in total. The lowest BCUT2D eigenvalue weighted by Gasteiger charge is -2.28. The highest BCUT2D eigenvalue weighted by atomic mass is 16.6. The smallest absolute Gasteiger partial charge is 0.410 e. The molecule has 0 aromatic carbocycles. The van der Waals surface area contributed by atoms with Crippen molar-refractivity contribution in [1.29, 1.82) is 0 Å². The van der Waals surface area contributed by atoms with Crippen molar-refractivity contribution in [3.8, 4) is 0 Å². The first-order valence-corrected chi connectivity index (χ1v) is 7.05. The highest BCUT2D eigenvalue weighted by Crippen LogP contribution is 2.10. The Balaban J connectivity index is 4.34. The topological polar surface area (TPSA) is 61.8 Å². The summed E-state index contributed by atoms with van der Waals surface area (Å²) in [7, 11) is 0. The third-order valence-electron chi connectivity index (χ3n) is 2.62. The van der Waals surface area contributed by atoms with Crippen molar-refractivity contribution in [3.63, 3.8) is 0 Å². The number of ether oxygens (including phenoxy) is 1. The molecular weight excluding hydrogens is 244 g/mol. The maximum Gasteiger partial charge on any atom is 0.410 e. The molecule has 0 heterocycles. The Morgan fingerprint density at radius 3 is 2.37 bits per heavy atom. The van der Waals surface area contributed by atoms with Crippen molar-refractivity contribution in [2.75, 3.05) is 19.6 Å². The van der Waals surface area contributed by atoms with Crippen LogP contribution in [0.1, 0.15) is 48.0 Å². The van der Waals surface area contributed by atoms with Crippen LogP contribution in [0.2, 0.25) is 0 Å². The number of carbonyl (C=O) groups is 1. The van der Waals surface area contributed by atoms with E-state index >= 15 is 0 Å². The molecule has 0 fully saturated rings. The van der Waals surface area contributed by atoms with Gasteiger partial charge in [-0.2, -0.15) is 0 Å². The molecule has 1 amide bonds. The third kappa shape index (κ3) is 9.73. The molecule has 5 nitrogen and oxygen atoms in total. The summed E-state index contributed by atoms with van der Waals surface area (Å²) in [5.74, 6) is 0. The molecule has 0 aliphatic heterocycles. The Morgan fingerprint density at radius 2 is 1.95 bits per heavy atom. The highest BCUT2D eigenvalue weighted by Gasteiger charge is 2.22. The average molecular weight is 274 g/mol. The van der Waals surface area contributed by atoms with Crippen LogP contribution in [0.5, 0.6) is 0 Å². The lowest BCUT2D eigenvalue weighted by Crippen LogP contribution is -2.44. The van der Waals surface area contributed by atoms with E-state index in [2.05, 4.69) is 19.2 Å². The van der Waals surface area contributed by atoms with Crippen molar-refractivity contribution in [1.82, 2.24) is 10.2 Å². The monoisotopic (exact) mass is 274 g/mol. The molecule has 0 aromatic heterocycles. The lowest BCUT2D eigenvalue weighted by atomic mass is 10.2. The molecule has 2 unspecified atom stereocenters. The van der Waals surface area contributed by atoms with Crippen molar-refractivity contribution in [2.45, 2.75) is 65.7 Å². The highest BCUT2D eigenvalue weighted by molar-refractivity contribution is 5.68. The van der Waals surface area contributed by atoms with Gasteiger partial charge in [0.1, 0.15) is 5.60 Å². The van der Waals surface area contributed by atoms with E-state index in [0.717, 1.165) is 6.42 Å². The zero-order valence-electron chi connectivity index (χ0n) is 13.2. The largest absolute Gasteiger partial charge is 0.444 e. The Hall–Kier alpha value is -0.810. The Bertz CT molecular complexity index is 262. The van der Waals surface area contributed by atoms with Crippen molar-refractivity contribution < 1.29 is 14.6 Å². The number of nitrogens with one attached hydrogen (secondary N) is 1. The molecule has 0 aliphatic carbocycles. The van der Waals surface area contributed by atoms with Crippen LogP contribution >= 0.6 is 0 Å². The standard InChI is InChI=1S/C14H30N2O3/c1-7-11(2)15-8-9-16(10-12(3)17)13(18)19-14(4,5)6/h11-12,15,17H,7-10H2,1-6H3. The number of aliphatic hydroxyl groups is 1. The number of hydrogen-bond acceptors (Lipinski definition) is 4. The number of rotatable bonds is 7. The second-order valence-corrected chi connectivity index (χ2v) is 6.04. The van der Waals surface area contributed by atoms with Crippen molar-refractivity contribution >= 4 is 6.09 Å². The van der Waals surface area contributed by atoms with Crippen LogP contribution in [0, 0.1) is 0 Å². The van der Waals surface area contributed by atoms with Crippen LogP contribution in [0.15, 0.2) is 0 Å². The molecule has 0 radical (unpaired) electrons. The van der Waals surface area contributed by atoms with Gasteiger partial charge >= 0.3 is 6.09 Å². The Kier molecular flexibility index (Phi) is 8.02. The Morgan fingerprint density at radius 1 is 1.37 bits per heavy atom. The zero-order valence-corrected chi connectivity index (χ0v) is 13.2. The number of hydrogen-bond donors (Lipinski definition) is 2. The van der Waals surface area contributed by atoms with Gasteiger partial charge in [-0.3, -0.25) is 0 Å². The van der Waals surface area contributed by atoms with Gasteiger partial charge < -0.3 is 20.1 Å². The first kappa shape index (κ1) is 18.2. The molecule has 0 rings (SSSR count). The van der Waals surface area contributed by atoms with Crippen LogP contribution in [-0.4, -0.2) is 53.5 Å². The van der Waals surface area contributed by atoms with Crippen LogP contribution in [-0.2, 0) is 4.74 Å². The number of carbonyl (C=O) groups excluding carboxylic acids is 1. The average Bonchev–Trinajstić information content (AvgIpc) is 2.24. The summed E-state index contributed by atoms with van der Waals surface area (Å²) < 4.78 is 5.33. The second-order valence-electron chi connectivity index (χ2n) is 6.04. The van der Waals surface area contributed by atoms with E-state index in [1.807, 2.05) is 20.8 Å². The fourth-order valence-corrected chi connectivity index (χ4v) is 1.49. The summed E-state index contributed by atoms with van der Waals surface area (Å²) >= 11 is 0. The van der Waals surface area contributed by atoms with Gasteiger partial charge in [0.25, 0.3) is 0 Å². The number of amides is 1. The van der Waals surface area contributed by atoms with E-state index in [1.165, 1.54) is 0 Å². The summed E-state index contributed by atoms with van der Waals surface area (Å²) in [6, 6.07) is 0.423. The SMILES string of the molecule is CCC(C)NCCN(CC(C)O)C(=O)OC(C)(C)C. The fourth-order valence-electron chi connectivity index (χ4n) is 1.49. The maximum atomic E-state index is 12.0. The first-order chi connectivity index (χ1) is 8.65. The van der Waals surface area contributed by atoms with Crippen molar-refractivity contribution in [3.05, 3.63) is 0 Å². The third-order valence-corrected chi connectivity index (χ3v) is 2.62. The molecule has 0 saturated heterocycles. The van der Waals surface area contributed by atoms with Gasteiger partial charge in [0, 0.05) is 25.7 Å². The minimum atomic E-state index is -0.559. The number of nitrogens with zero attached hydrogens (tertiary/aromatic N) is 1. The summed E-state index contributed by atoms with van der Waals surface area (Å²) in [6.07, 6.45) is 0.110.